The molecule has 21 heavy (non-hydrogen) atoms. The Bertz CT molecular complexity index is 689. The van der Waals surface area contributed by atoms with E-state index < -0.39 is 0 Å². The molecule has 1 atom stereocenters. The molecule has 0 spiro atoms. The van der Waals surface area contributed by atoms with Gasteiger partial charge in [-0.15, -0.1) is 0 Å². The Morgan fingerprint density at radius 2 is 2.00 bits per heavy atom. The third-order valence-electron chi connectivity index (χ3n) is 3.33. The van der Waals surface area contributed by atoms with Gasteiger partial charge in [0.15, 0.2) is 0 Å². The monoisotopic (exact) mass is 285 g/mol. The molecule has 0 saturated heterocycles. The molecule has 0 unspecified atom stereocenters. The SMILES string of the molecule is CCc1ccc([C@@H](C)NC(=O)c2cc(=O)[nH]c(C)n2)cc1. The summed E-state index contributed by atoms with van der Waals surface area (Å²) < 4.78 is 0. The van der Waals surface area contributed by atoms with Crippen LogP contribution < -0.4 is 10.9 Å². The minimum atomic E-state index is -0.351. The third-order valence-corrected chi connectivity index (χ3v) is 3.33. The molecule has 1 aromatic carbocycles. The Labute approximate surface area is 123 Å². The number of hydrogen-bond acceptors (Lipinski definition) is 3. The summed E-state index contributed by atoms with van der Waals surface area (Å²) >= 11 is 0. The van der Waals surface area contributed by atoms with Crippen LogP contribution in [0.4, 0.5) is 0 Å². The smallest absolute Gasteiger partial charge is 0.270 e. The number of aromatic nitrogens is 2. The zero-order chi connectivity index (χ0) is 15.4. The topological polar surface area (TPSA) is 74.8 Å². The van der Waals surface area contributed by atoms with Gasteiger partial charge in [0.2, 0.25) is 0 Å². The van der Waals surface area contributed by atoms with Crippen molar-refractivity contribution in [2.45, 2.75) is 33.2 Å². The van der Waals surface area contributed by atoms with Crippen molar-refractivity contribution < 1.29 is 4.79 Å². The number of carbonyl (C=O) groups excluding carboxylic acids is 1. The highest BCUT2D eigenvalue weighted by atomic mass is 16.2. The summed E-state index contributed by atoms with van der Waals surface area (Å²) in [6, 6.07) is 9.15. The molecular weight excluding hydrogens is 266 g/mol. The number of nitrogens with one attached hydrogen (secondary N) is 2. The maximum absolute atomic E-state index is 12.1. The molecule has 2 aromatic rings. The summed E-state index contributed by atoms with van der Waals surface area (Å²) in [7, 11) is 0. The Morgan fingerprint density at radius 3 is 2.57 bits per heavy atom. The fourth-order valence-electron chi connectivity index (χ4n) is 2.09. The molecule has 5 nitrogen and oxygen atoms in total. The predicted molar refractivity (Wildman–Crippen MR) is 81.3 cm³/mol. The minimum absolute atomic E-state index is 0.133. The molecule has 110 valence electrons. The summed E-state index contributed by atoms with van der Waals surface area (Å²) in [5.74, 6) is 0.0730. The molecular formula is C16H19N3O2. The van der Waals surface area contributed by atoms with E-state index in [2.05, 4.69) is 22.2 Å². The van der Waals surface area contributed by atoms with Crippen LogP contribution in [-0.2, 0) is 6.42 Å². The fraction of sp³-hybridized carbons (Fsp3) is 0.312. The number of carbonyl (C=O) groups is 1. The van der Waals surface area contributed by atoms with Gasteiger partial charge in [-0.1, -0.05) is 31.2 Å². The quantitative estimate of drug-likeness (QED) is 0.903. The molecule has 2 N–H and O–H groups in total. The van der Waals surface area contributed by atoms with Crippen LogP contribution in [0.25, 0.3) is 0 Å². The highest BCUT2D eigenvalue weighted by molar-refractivity contribution is 5.92. The molecule has 0 bridgehead atoms. The number of benzene rings is 1. The molecule has 0 aliphatic rings. The second-order valence-electron chi connectivity index (χ2n) is 5.01. The van der Waals surface area contributed by atoms with Crippen molar-refractivity contribution in [1.29, 1.82) is 0 Å². The maximum atomic E-state index is 12.1. The van der Waals surface area contributed by atoms with Gasteiger partial charge in [0, 0.05) is 6.07 Å². The molecule has 0 saturated carbocycles. The first-order chi connectivity index (χ1) is 9.99. The lowest BCUT2D eigenvalue weighted by molar-refractivity contribution is 0.0934. The number of amides is 1. The lowest BCUT2D eigenvalue weighted by atomic mass is 10.0. The van der Waals surface area contributed by atoms with E-state index in [9.17, 15) is 9.59 Å². The van der Waals surface area contributed by atoms with Crippen LogP contribution in [0.3, 0.4) is 0 Å². The van der Waals surface area contributed by atoms with Crippen LogP contribution in [0, 0.1) is 6.92 Å². The van der Waals surface area contributed by atoms with Crippen LogP contribution in [0.15, 0.2) is 35.1 Å². The van der Waals surface area contributed by atoms with Crippen LogP contribution in [-0.4, -0.2) is 15.9 Å². The molecule has 0 radical (unpaired) electrons. The number of aromatic amines is 1. The summed E-state index contributed by atoms with van der Waals surface area (Å²) in [5.41, 5.74) is 2.08. The highest BCUT2D eigenvalue weighted by Crippen LogP contribution is 2.14. The molecule has 0 fully saturated rings. The van der Waals surface area contributed by atoms with Crippen molar-refractivity contribution in [3.63, 3.8) is 0 Å². The molecule has 5 heteroatoms. The zero-order valence-corrected chi connectivity index (χ0v) is 12.4. The van der Waals surface area contributed by atoms with E-state index in [1.165, 1.54) is 11.6 Å². The largest absolute Gasteiger partial charge is 0.344 e. The molecule has 1 aromatic heterocycles. The highest BCUT2D eigenvalue weighted by Gasteiger charge is 2.13. The fourth-order valence-corrected chi connectivity index (χ4v) is 2.09. The number of hydrogen-bond donors (Lipinski definition) is 2. The van der Waals surface area contributed by atoms with Gasteiger partial charge in [0.25, 0.3) is 11.5 Å². The van der Waals surface area contributed by atoms with Gasteiger partial charge < -0.3 is 10.3 Å². The summed E-state index contributed by atoms with van der Waals surface area (Å²) in [6.45, 7) is 5.64. The number of H-pyrrole nitrogens is 1. The Kier molecular flexibility index (Phi) is 4.52. The van der Waals surface area contributed by atoms with E-state index in [4.69, 9.17) is 0 Å². The average molecular weight is 285 g/mol. The van der Waals surface area contributed by atoms with Gasteiger partial charge in [0.1, 0.15) is 11.5 Å². The van der Waals surface area contributed by atoms with Crippen LogP contribution in [0.1, 0.15) is 47.3 Å². The van der Waals surface area contributed by atoms with Crippen molar-refractivity contribution in [2.75, 3.05) is 0 Å². The third kappa shape index (κ3) is 3.78. The van der Waals surface area contributed by atoms with Gasteiger partial charge in [-0.25, -0.2) is 4.98 Å². The van der Waals surface area contributed by atoms with E-state index in [0.717, 1.165) is 12.0 Å². The normalized spacial score (nSPS) is 12.0. The second kappa shape index (κ2) is 6.35. The average Bonchev–Trinajstić information content (AvgIpc) is 2.46. The Balaban J connectivity index is 2.12. The number of rotatable bonds is 4. The number of nitrogens with zero attached hydrogens (tertiary/aromatic N) is 1. The summed E-state index contributed by atoms with van der Waals surface area (Å²) in [5, 5.41) is 2.85. The van der Waals surface area contributed by atoms with Crippen molar-refractivity contribution in [2.24, 2.45) is 0 Å². The van der Waals surface area contributed by atoms with Crippen molar-refractivity contribution in [1.82, 2.24) is 15.3 Å². The predicted octanol–water partition coefficient (Wildman–Crippen LogP) is 2.13. The molecule has 1 heterocycles. The van der Waals surface area contributed by atoms with Crippen molar-refractivity contribution in [3.05, 3.63) is 63.3 Å². The first-order valence-corrected chi connectivity index (χ1v) is 6.97. The summed E-state index contributed by atoms with van der Waals surface area (Å²) in [4.78, 5) is 30.1. The van der Waals surface area contributed by atoms with Gasteiger partial charge in [-0.2, -0.15) is 0 Å². The van der Waals surface area contributed by atoms with Gasteiger partial charge in [-0.3, -0.25) is 9.59 Å². The lowest BCUT2D eigenvalue weighted by Crippen LogP contribution is -2.29. The van der Waals surface area contributed by atoms with Crippen molar-refractivity contribution in [3.8, 4) is 0 Å². The van der Waals surface area contributed by atoms with E-state index >= 15 is 0 Å². The van der Waals surface area contributed by atoms with Gasteiger partial charge >= 0.3 is 0 Å². The first-order valence-electron chi connectivity index (χ1n) is 6.97. The molecule has 0 aliphatic carbocycles. The summed E-state index contributed by atoms with van der Waals surface area (Å²) in [6.07, 6.45) is 0.983. The van der Waals surface area contributed by atoms with Crippen molar-refractivity contribution >= 4 is 5.91 Å². The Hall–Kier alpha value is -2.43. The van der Waals surface area contributed by atoms with E-state index in [1.807, 2.05) is 31.2 Å². The standard InChI is InChI=1S/C16H19N3O2/c1-4-12-5-7-13(8-6-12)10(2)17-16(21)14-9-15(20)19-11(3)18-14/h5-10H,4H2,1-3H3,(H,17,21)(H,18,19,20)/t10-/m1/s1. The first kappa shape index (κ1) is 15.0. The maximum Gasteiger partial charge on any atom is 0.270 e. The second-order valence-corrected chi connectivity index (χ2v) is 5.01. The molecule has 0 aliphatic heterocycles. The Morgan fingerprint density at radius 1 is 1.33 bits per heavy atom. The minimum Gasteiger partial charge on any atom is -0.344 e. The lowest BCUT2D eigenvalue weighted by Gasteiger charge is -2.14. The zero-order valence-electron chi connectivity index (χ0n) is 12.4. The molecule has 1 amide bonds. The van der Waals surface area contributed by atoms with E-state index in [-0.39, 0.29) is 23.2 Å². The van der Waals surface area contributed by atoms with E-state index in [0.29, 0.717) is 5.82 Å². The van der Waals surface area contributed by atoms with Crippen LogP contribution in [0.2, 0.25) is 0 Å². The molecule has 2 rings (SSSR count). The number of aryl methyl sites for hydroxylation is 2. The van der Waals surface area contributed by atoms with Gasteiger partial charge in [-0.05, 0) is 31.4 Å². The van der Waals surface area contributed by atoms with Crippen LogP contribution >= 0.6 is 0 Å². The van der Waals surface area contributed by atoms with Gasteiger partial charge in [0.05, 0.1) is 6.04 Å². The van der Waals surface area contributed by atoms with Crippen LogP contribution in [0.5, 0.6) is 0 Å². The van der Waals surface area contributed by atoms with E-state index in [1.54, 1.807) is 6.92 Å².